The molecule has 0 spiro atoms. The Morgan fingerprint density at radius 2 is 1.87 bits per heavy atom. The third kappa shape index (κ3) is 6.40. The number of allylic oxidation sites excluding steroid dienone is 1. The number of ether oxygens (including phenoxy) is 1. The number of hydrogen-bond donors (Lipinski definition) is 3. The quantitative estimate of drug-likeness (QED) is 0.270. The van der Waals surface area contributed by atoms with E-state index < -0.39 is 5.82 Å². The largest absolute Gasteiger partial charge is 0.495 e. The number of amides is 1. The number of anilines is 5. The van der Waals surface area contributed by atoms with Crippen LogP contribution in [-0.2, 0) is 4.79 Å². The van der Waals surface area contributed by atoms with Crippen LogP contribution in [0.3, 0.4) is 0 Å². The second-order valence-corrected chi connectivity index (χ2v) is 7.18. The molecule has 0 atom stereocenters. The van der Waals surface area contributed by atoms with E-state index >= 15 is 0 Å². The van der Waals surface area contributed by atoms with Gasteiger partial charge in [-0.2, -0.15) is 0 Å². The van der Waals surface area contributed by atoms with Crippen molar-refractivity contribution in [2.24, 2.45) is 0 Å². The molecule has 1 amide bonds. The highest BCUT2D eigenvalue weighted by Gasteiger charge is 2.09. The molecule has 0 bridgehead atoms. The lowest BCUT2D eigenvalue weighted by molar-refractivity contribution is -0.111. The van der Waals surface area contributed by atoms with Crippen molar-refractivity contribution in [1.29, 1.82) is 0 Å². The van der Waals surface area contributed by atoms with Gasteiger partial charge in [0.15, 0.2) is 0 Å². The van der Waals surface area contributed by atoms with E-state index in [4.69, 9.17) is 16.3 Å². The van der Waals surface area contributed by atoms with Gasteiger partial charge in [0.1, 0.15) is 29.5 Å². The minimum atomic E-state index is -0.501. The molecule has 2 aromatic carbocycles. The summed E-state index contributed by atoms with van der Waals surface area (Å²) in [6.07, 6.45) is 4.51. The van der Waals surface area contributed by atoms with E-state index in [0.29, 0.717) is 39.8 Å². The monoisotopic (exact) mass is 505 g/mol. The van der Waals surface area contributed by atoms with Crippen LogP contribution < -0.4 is 20.7 Å². The van der Waals surface area contributed by atoms with E-state index in [1.165, 1.54) is 24.5 Å². The number of nitrogens with zero attached hydrogens (tertiary/aromatic N) is 2. The van der Waals surface area contributed by atoms with Crippen molar-refractivity contribution < 1.29 is 13.9 Å². The maximum absolute atomic E-state index is 13.3. The van der Waals surface area contributed by atoms with Crippen LogP contribution in [-0.4, -0.2) is 28.3 Å². The van der Waals surface area contributed by atoms with Gasteiger partial charge in [0.05, 0.1) is 17.8 Å². The Bertz CT molecular complexity index is 1110. The van der Waals surface area contributed by atoms with Crippen molar-refractivity contribution in [3.63, 3.8) is 0 Å². The minimum absolute atomic E-state index is 0.00646. The smallest absolute Gasteiger partial charge is 0.248 e. The Kier molecular flexibility index (Phi) is 7.80. The number of hydrogen-bond acceptors (Lipinski definition) is 6. The van der Waals surface area contributed by atoms with Gasteiger partial charge in [-0.1, -0.05) is 33.6 Å². The van der Waals surface area contributed by atoms with Crippen LogP contribution in [0.2, 0.25) is 5.02 Å². The second-order valence-electron chi connectivity index (χ2n) is 6.13. The van der Waals surface area contributed by atoms with Gasteiger partial charge in [0, 0.05) is 28.8 Å². The van der Waals surface area contributed by atoms with Crippen molar-refractivity contribution in [3.05, 3.63) is 71.8 Å². The summed E-state index contributed by atoms with van der Waals surface area (Å²) in [4.78, 5) is 20.3. The fourth-order valence-electron chi connectivity index (χ4n) is 2.57. The molecular weight excluding hydrogens is 489 g/mol. The maximum Gasteiger partial charge on any atom is 0.248 e. The van der Waals surface area contributed by atoms with Gasteiger partial charge in [-0.3, -0.25) is 4.79 Å². The van der Waals surface area contributed by atoms with Gasteiger partial charge in [0.2, 0.25) is 5.91 Å². The number of carbonyl (C=O) groups excluding carboxylic acids is 1. The van der Waals surface area contributed by atoms with E-state index in [0.717, 1.165) is 0 Å². The first-order valence-corrected chi connectivity index (χ1v) is 10.5. The third-order valence-electron chi connectivity index (χ3n) is 3.95. The lowest BCUT2D eigenvalue weighted by atomic mass is 10.2. The summed E-state index contributed by atoms with van der Waals surface area (Å²) >= 11 is 9.05. The molecule has 7 nitrogen and oxygen atoms in total. The molecule has 0 aliphatic rings. The highest BCUT2D eigenvalue weighted by Crippen LogP contribution is 2.31. The summed E-state index contributed by atoms with van der Waals surface area (Å²) in [6.45, 7) is 0. The fraction of sp³-hybridized carbons (Fsp3) is 0.0952. The number of aromatic nitrogens is 2. The number of nitrogens with one attached hydrogen (secondary N) is 3. The molecule has 0 saturated carbocycles. The molecule has 0 fully saturated rings. The maximum atomic E-state index is 13.3. The van der Waals surface area contributed by atoms with Crippen LogP contribution in [0.15, 0.2) is 60.9 Å². The van der Waals surface area contributed by atoms with E-state index in [1.54, 1.807) is 43.5 Å². The zero-order valence-electron chi connectivity index (χ0n) is 16.3. The molecule has 3 rings (SSSR count). The van der Waals surface area contributed by atoms with Gasteiger partial charge in [-0.25, -0.2) is 14.4 Å². The summed E-state index contributed by atoms with van der Waals surface area (Å²) in [7, 11) is 1.54. The lowest BCUT2D eigenvalue weighted by Crippen LogP contribution is -2.08. The second kappa shape index (κ2) is 10.7. The summed E-state index contributed by atoms with van der Waals surface area (Å²) < 4.78 is 18.7. The van der Waals surface area contributed by atoms with Crippen molar-refractivity contribution in [3.8, 4) is 5.75 Å². The summed E-state index contributed by atoms with van der Waals surface area (Å²) in [6, 6.07) is 11.1. The Morgan fingerprint density at radius 1 is 1.13 bits per heavy atom. The Morgan fingerprint density at radius 3 is 2.58 bits per heavy atom. The van der Waals surface area contributed by atoms with E-state index in [9.17, 15) is 9.18 Å². The Hall–Kier alpha value is -3.17. The highest BCUT2D eigenvalue weighted by molar-refractivity contribution is 9.09. The molecule has 1 aromatic heterocycles. The van der Waals surface area contributed by atoms with Crippen LogP contribution in [0.1, 0.15) is 0 Å². The normalized spacial score (nSPS) is 10.7. The van der Waals surface area contributed by atoms with Crippen molar-refractivity contribution >= 4 is 62.1 Å². The number of alkyl halides is 1. The average Bonchev–Trinajstić information content (AvgIpc) is 2.75. The van der Waals surface area contributed by atoms with E-state index in [1.807, 2.05) is 0 Å². The summed E-state index contributed by atoms with van der Waals surface area (Å²) in [5.41, 5.74) is 1.76. The van der Waals surface area contributed by atoms with Crippen LogP contribution >= 0.6 is 27.5 Å². The molecule has 10 heteroatoms. The molecule has 0 aliphatic carbocycles. The highest BCUT2D eigenvalue weighted by atomic mass is 79.9. The third-order valence-corrected chi connectivity index (χ3v) is 4.61. The van der Waals surface area contributed by atoms with Gasteiger partial charge < -0.3 is 20.7 Å². The van der Waals surface area contributed by atoms with Gasteiger partial charge >= 0.3 is 0 Å². The molecular formula is C21H18BrClFN5O2. The van der Waals surface area contributed by atoms with Crippen molar-refractivity contribution in [1.82, 2.24) is 9.97 Å². The van der Waals surface area contributed by atoms with Crippen molar-refractivity contribution in [2.75, 3.05) is 28.4 Å². The Labute approximate surface area is 191 Å². The topological polar surface area (TPSA) is 88.2 Å². The number of halogens is 3. The number of benzene rings is 2. The van der Waals surface area contributed by atoms with Crippen LogP contribution in [0.25, 0.3) is 0 Å². The number of methoxy groups -OCH3 is 1. The first-order chi connectivity index (χ1) is 15.0. The van der Waals surface area contributed by atoms with Gasteiger partial charge in [0.25, 0.3) is 0 Å². The molecule has 3 N–H and O–H groups in total. The molecule has 1 heterocycles. The zero-order valence-corrected chi connectivity index (χ0v) is 18.7. The summed E-state index contributed by atoms with van der Waals surface area (Å²) in [5.74, 6) is 0.767. The summed E-state index contributed by atoms with van der Waals surface area (Å²) in [5, 5.41) is 9.56. The molecule has 0 saturated heterocycles. The molecule has 0 aliphatic heterocycles. The van der Waals surface area contributed by atoms with Crippen LogP contribution in [0.4, 0.5) is 33.1 Å². The SMILES string of the molecule is COc1ccc(NC(=O)/C=C/CBr)cc1Nc1cc(Nc2ccc(F)c(Cl)c2)ncn1. The molecule has 31 heavy (non-hydrogen) atoms. The predicted octanol–water partition coefficient (Wildman–Crippen LogP) is 5.65. The predicted molar refractivity (Wildman–Crippen MR) is 125 cm³/mol. The van der Waals surface area contributed by atoms with Gasteiger partial charge in [-0.15, -0.1) is 0 Å². The van der Waals surface area contributed by atoms with E-state index in [-0.39, 0.29) is 10.9 Å². The first kappa shape index (κ1) is 22.5. The van der Waals surface area contributed by atoms with E-state index in [2.05, 4.69) is 41.8 Å². The molecule has 0 radical (unpaired) electrons. The van der Waals surface area contributed by atoms with Gasteiger partial charge in [-0.05, 0) is 36.4 Å². The van der Waals surface area contributed by atoms with Crippen molar-refractivity contribution in [2.45, 2.75) is 0 Å². The standard InChI is InChI=1S/C21H18BrClFN5O2/c1-31-18-7-5-14(28-21(30)3-2-8-22)10-17(18)29-20-11-19(25-12-26-20)27-13-4-6-16(24)15(23)9-13/h2-7,9-12H,8H2,1H3,(H,28,30)(H2,25,26,27,29)/b3-2+. The van der Waals surface area contributed by atoms with Crippen LogP contribution in [0, 0.1) is 5.82 Å². The molecule has 0 unspecified atom stereocenters. The molecule has 3 aromatic rings. The minimum Gasteiger partial charge on any atom is -0.495 e. The lowest BCUT2D eigenvalue weighted by Gasteiger charge is -2.13. The number of carbonyl (C=O) groups is 1. The molecule has 160 valence electrons. The average molecular weight is 507 g/mol. The van der Waals surface area contributed by atoms with Crippen LogP contribution in [0.5, 0.6) is 5.75 Å². The fourth-order valence-corrected chi connectivity index (χ4v) is 2.94. The zero-order chi connectivity index (χ0) is 22.2. The Balaban J connectivity index is 1.78. The number of rotatable bonds is 8. The first-order valence-electron chi connectivity index (χ1n) is 9.01.